The molecule has 27 heavy (non-hydrogen) atoms. The highest BCUT2D eigenvalue weighted by atomic mass is 16.5. The molecule has 0 unspecified atom stereocenters. The number of rotatable bonds is 2. The van der Waals surface area contributed by atoms with E-state index in [0.717, 1.165) is 29.4 Å². The highest BCUT2D eigenvalue weighted by Gasteiger charge is 2.14. The van der Waals surface area contributed by atoms with Crippen molar-refractivity contribution in [2.45, 2.75) is 6.42 Å². The van der Waals surface area contributed by atoms with Crippen LogP contribution in [0.25, 0.3) is 0 Å². The molecule has 4 aromatic carbocycles. The second-order valence-electron chi connectivity index (χ2n) is 6.22. The van der Waals surface area contributed by atoms with Gasteiger partial charge in [-0.15, -0.1) is 0 Å². The van der Waals surface area contributed by atoms with Gasteiger partial charge in [-0.2, -0.15) is 0 Å². The van der Waals surface area contributed by atoms with Gasteiger partial charge in [0.1, 0.15) is 23.0 Å². The van der Waals surface area contributed by atoms with Crippen molar-refractivity contribution in [3.8, 4) is 23.0 Å². The highest BCUT2D eigenvalue weighted by Crippen LogP contribution is 2.35. The van der Waals surface area contributed by atoms with Gasteiger partial charge < -0.3 is 9.47 Å². The number of hydrogen-bond donors (Lipinski definition) is 0. The van der Waals surface area contributed by atoms with Gasteiger partial charge in [0.15, 0.2) is 0 Å². The Labute approximate surface area is 159 Å². The molecule has 0 fully saturated rings. The maximum absolute atomic E-state index is 5.78. The molecule has 2 heteroatoms. The van der Waals surface area contributed by atoms with E-state index in [1.54, 1.807) is 0 Å². The molecule has 1 heterocycles. The SMILES string of the molecule is c1ccc(Oc2ccccc2)cc1.c1ccc2c(c1)Cc1ccccc1O2. The third kappa shape index (κ3) is 4.36. The average Bonchev–Trinajstić information content (AvgIpc) is 2.74. The monoisotopic (exact) mass is 352 g/mol. The van der Waals surface area contributed by atoms with Gasteiger partial charge in [0.2, 0.25) is 0 Å². The lowest BCUT2D eigenvalue weighted by atomic mass is 10.0. The van der Waals surface area contributed by atoms with Gasteiger partial charge in [0, 0.05) is 6.42 Å². The van der Waals surface area contributed by atoms with Crippen LogP contribution < -0.4 is 9.47 Å². The molecule has 0 saturated heterocycles. The zero-order chi connectivity index (χ0) is 18.3. The Morgan fingerprint density at radius 1 is 0.481 bits per heavy atom. The number of benzene rings is 4. The van der Waals surface area contributed by atoms with Gasteiger partial charge >= 0.3 is 0 Å². The van der Waals surface area contributed by atoms with Crippen LogP contribution in [0.4, 0.5) is 0 Å². The lowest BCUT2D eigenvalue weighted by Crippen LogP contribution is -2.01. The van der Waals surface area contributed by atoms with Crippen LogP contribution in [0, 0.1) is 0 Å². The largest absolute Gasteiger partial charge is 0.457 e. The second kappa shape index (κ2) is 8.24. The first-order valence-electron chi connectivity index (χ1n) is 9.00. The fraction of sp³-hybridized carbons (Fsp3) is 0.0400. The van der Waals surface area contributed by atoms with Crippen molar-refractivity contribution in [3.05, 3.63) is 120 Å². The zero-order valence-corrected chi connectivity index (χ0v) is 14.9. The Morgan fingerprint density at radius 2 is 0.889 bits per heavy atom. The molecule has 2 nitrogen and oxygen atoms in total. The summed E-state index contributed by atoms with van der Waals surface area (Å²) >= 11 is 0. The molecule has 0 radical (unpaired) electrons. The highest BCUT2D eigenvalue weighted by molar-refractivity contribution is 5.49. The Morgan fingerprint density at radius 3 is 1.37 bits per heavy atom. The Balaban J connectivity index is 0.000000134. The van der Waals surface area contributed by atoms with E-state index in [2.05, 4.69) is 24.3 Å². The summed E-state index contributed by atoms with van der Waals surface area (Å²) in [5.41, 5.74) is 2.54. The molecular formula is C25H20O2. The third-order valence-corrected chi connectivity index (χ3v) is 4.27. The van der Waals surface area contributed by atoms with Gasteiger partial charge in [0.25, 0.3) is 0 Å². The lowest BCUT2D eigenvalue weighted by molar-refractivity contribution is 0.460. The molecule has 0 bridgehead atoms. The number of fused-ring (bicyclic) bond motifs is 2. The van der Waals surface area contributed by atoms with E-state index in [0.29, 0.717) is 0 Å². The molecule has 1 aliphatic heterocycles. The summed E-state index contributed by atoms with van der Waals surface area (Å²) in [5.74, 6) is 3.72. The number of hydrogen-bond acceptors (Lipinski definition) is 2. The normalized spacial score (nSPS) is 11.1. The summed E-state index contributed by atoms with van der Waals surface area (Å²) in [5, 5.41) is 0. The van der Waals surface area contributed by atoms with Crippen molar-refractivity contribution < 1.29 is 9.47 Å². The summed E-state index contributed by atoms with van der Waals surface area (Å²) in [7, 11) is 0. The molecule has 0 aliphatic carbocycles. The van der Waals surface area contributed by atoms with E-state index in [1.807, 2.05) is 84.9 Å². The van der Waals surface area contributed by atoms with Crippen LogP contribution in [0.5, 0.6) is 23.0 Å². The summed E-state index contributed by atoms with van der Waals surface area (Å²) < 4.78 is 11.4. The fourth-order valence-corrected chi connectivity index (χ4v) is 2.94. The van der Waals surface area contributed by atoms with Gasteiger partial charge in [-0.25, -0.2) is 0 Å². The molecule has 0 aromatic heterocycles. The van der Waals surface area contributed by atoms with Crippen LogP contribution in [-0.4, -0.2) is 0 Å². The van der Waals surface area contributed by atoms with Crippen LogP contribution in [0.2, 0.25) is 0 Å². The Kier molecular flexibility index (Phi) is 5.16. The van der Waals surface area contributed by atoms with Crippen LogP contribution in [0.3, 0.4) is 0 Å². The lowest BCUT2D eigenvalue weighted by Gasteiger charge is -2.19. The zero-order valence-electron chi connectivity index (χ0n) is 14.9. The van der Waals surface area contributed by atoms with Crippen molar-refractivity contribution in [2.75, 3.05) is 0 Å². The van der Waals surface area contributed by atoms with Crippen LogP contribution in [-0.2, 0) is 6.42 Å². The summed E-state index contributed by atoms with van der Waals surface area (Å²) in [6, 6.07) is 35.9. The number of ether oxygens (including phenoxy) is 2. The van der Waals surface area contributed by atoms with Gasteiger partial charge in [-0.1, -0.05) is 72.8 Å². The molecule has 0 N–H and O–H groups in total. The summed E-state index contributed by atoms with van der Waals surface area (Å²) in [6.07, 6.45) is 0.979. The van der Waals surface area contributed by atoms with E-state index >= 15 is 0 Å². The standard InChI is InChI=1S/C13H10O.C12H10O/c1-3-7-12-10(5-1)9-11-6-2-4-8-13(11)14-12;1-3-7-11(8-4-1)13-12-9-5-2-6-10-12/h1-8H,9H2;1-10H. The average molecular weight is 352 g/mol. The topological polar surface area (TPSA) is 18.5 Å². The molecule has 0 atom stereocenters. The molecule has 0 amide bonds. The molecular weight excluding hydrogens is 332 g/mol. The first-order chi connectivity index (χ1) is 13.4. The first kappa shape index (κ1) is 16.9. The maximum atomic E-state index is 5.78. The van der Waals surface area contributed by atoms with Crippen LogP contribution in [0.1, 0.15) is 11.1 Å². The molecule has 4 aromatic rings. The summed E-state index contributed by atoms with van der Waals surface area (Å²) in [4.78, 5) is 0. The van der Waals surface area contributed by atoms with E-state index in [1.165, 1.54) is 11.1 Å². The van der Waals surface area contributed by atoms with Gasteiger partial charge in [-0.3, -0.25) is 0 Å². The molecule has 0 saturated carbocycles. The van der Waals surface area contributed by atoms with Crippen molar-refractivity contribution in [1.29, 1.82) is 0 Å². The maximum Gasteiger partial charge on any atom is 0.130 e. The molecule has 132 valence electrons. The third-order valence-electron chi connectivity index (χ3n) is 4.27. The van der Waals surface area contributed by atoms with Crippen LogP contribution in [0.15, 0.2) is 109 Å². The quantitative estimate of drug-likeness (QED) is 0.345. The molecule has 5 rings (SSSR count). The smallest absolute Gasteiger partial charge is 0.130 e. The summed E-state index contributed by atoms with van der Waals surface area (Å²) in [6.45, 7) is 0. The molecule has 1 aliphatic rings. The minimum atomic E-state index is 0.869. The van der Waals surface area contributed by atoms with Crippen molar-refractivity contribution >= 4 is 0 Å². The molecule has 0 spiro atoms. The van der Waals surface area contributed by atoms with Crippen molar-refractivity contribution in [3.63, 3.8) is 0 Å². The van der Waals surface area contributed by atoms with E-state index < -0.39 is 0 Å². The minimum absolute atomic E-state index is 0.869. The van der Waals surface area contributed by atoms with Crippen LogP contribution >= 0.6 is 0 Å². The van der Waals surface area contributed by atoms with Gasteiger partial charge in [-0.05, 0) is 47.5 Å². The second-order valence-corrected chi connectivity index (χ2v) is 6.22. The Bertz CT molecular complexity index is 870. The predicted molar refractivity (Wildman–Crippen MR) is 109 cm³/mol. The van der Waals surface area contributed by atoms with Gasteiger partial charge in [0.05, 0.1) is 0 Å². The Hall–Kier alpha value is -3.52. The number of para-hydroxylation sites is 4. The van der Waals surface area contributed by atoms with E-state index in [9.17, 15) is 0 Å². The predicted octanol–water partition coefficient (Wildman–Crippen LogP) is 6.86. The minimum Gasteiger partial charge on any atom is -0.457 e. The fourth-order valence-electron chi connectivity index (χ4n) is 2.94. The van der Waals surface area contributed by atoms with Crippen molar-refractivity contribution in [1.82, 2.24) is 0 Å². The van der Waals surface area contributed by atoms with E-state index in [4.69, 9.17) is 9.47 Å². The van der Waals surface area contributed by atoms with E-state index in [-0.39, 0.29) is 0 Å². The van der Waals surface area contributed by atoms with Crippen molar-refractivity contribution in [2.24, 2.45) is 0 Å². The first-order valence-corrected chi connectivity index (χ1v) is 9.00.